The number of aliphatic hydroxyl groups excluding tert-OH is 2. The number of fused-ring (bicyclic) bond motifs is 2. The number of ether oxygens (including phenoxy) is 3. The fraction of sp³-hybridized carbons (Fsp3) is 0.172. The van der Waals surface area contributed by atoms with Gasteiger partial charge in [-0.15, -0.1) is 0 Å². The first kappa shape index (κ1) is 22.0. The maximum Gasteiger partial charge on any atom is 0.132 e. The summed E-state index contributed by atoms with van der Waals surface area (Å²) in [6, 6.07) is 32.3. The van der Waals surface area contributed by atoms with Crippen LogP contribution in [0, 0.1) is 0 Å². The van der Waals surface area contributed by atoms with Crippen molar-refractivity contribution in [2.45, 2.75) is 5.41 Å². The van der Waals surface area contributed by atoms with Crippen LogP contribution in [0.3, 0.4) is 0 Å². The molecule has 0 saturated carbocycles. The first-order valence-corrected chi connectivity index (χ1v) is 11.3. The smallest absolute Gasteiger partial charge is 0.132 e. The molecule has 5 rings (SSSR count). The van der Waals surface area contributed by atoms with Crippen LogP contribution in [0.2, 0.25) is 0 Å². The highest BCUT2D eigenvalue weighted by atomic mass is 16.5. The quantitative estimate of drug-likeness (QED) is 0.348. The van der Waals surface area contributed by atoms with Crippen LogP contribution in [0.5, 0.6) is 23.0 Å². The van der Waals surface area contributed by atoms with E-state index in [1.807, 2.05) is 60.7 Å². The van der Waals surface area contributed by atoms with Gasteiger partial charge in [-0.05, 0) is 47.5 Å². The van der Waals surface area contributed by atoms with Gasteiger partial charge in [0.15, 0.2) is 0 Å². The lowest BCUT2D eigenvalue weighted by molar-refractivity contribution is 0.201. The molecule has 0 spiro atoms. The predicted molar refractivity (Wildman–Crippen MR) is 130 cm³/mol. The van der Waals surface area contributed by atoms with Crippen molar-refractivity contribution in [3.8, 4) is 23.0 Å². The number of para-hydroxylation sites is 2. The van der Waals surface area contributed by atoms with Crippen LogP contribution in [-0.4, -0.2) is 36.6 Å². The Kier molecular flexibility index (Phi) is 6.21. The Morgan fingerprint density at radius 2 is 0.971 bits per heavy atom. The molecule has 0 atom stereocenters. The van der Waals surface area contributed by atoms with Crippen LogP contribution in [0.15, 0.2) is 97.1 Å². The third kappa shape index (κ3) is 3.79. The molecule has 0 aromatic heterocycles. The zero-order valence-electron chi connectivity index (χ0n) is 18.7. The third-order valence-corrected chi connectivity index (χ3v) is 6.10. The first-order valence-electron chi connectivity index (χ1n) is 11.3. The van der Waals surface area contributed by atoms with Crippen molar-refractivity contribution >= 4 is 0 Å². The highest BCUT2D eigenvalue weighted by Crippen LogP contribution is 2.55. The fourth-order valence-electron chi connectivity index (χ4n) is 4.71. The maximum atomic E-state index is 9.11. The summed E-state index contributed by atoms with van der Waals surface area (Å²) in [6.07, 6.45) is 0. The van der Waals surface area contributed by atoms with E-state index in [2.05, 4.69) is 36.4 Å². The van der Waals surface area contributed by atoms with Crippen LogP contribution in [0.4, 0.5) is 0 Å². The normalized spacial score (nSPS) is 13.4. The van der Waals surface area contributed by atoms with E-state index < -0.39 is 5.41 Å². The Balaban J connectivity index is 1.74. The van der Waals surface area contributed by atoms with Crippen molar-refractivity contribution in [3.05, 3.63) is 119 Å². The van der Waals surface area contributed by atoms with E-state index in [1.165, 1.54) is 0 Å². The molecule has 0 fully saturated rings. The highest BCUT2D eigenvalue weighted by molar-refractivity contribution is 5.69. The first-order chi connectivity index (χ1) is 16.8. The number of benzene rings is 4. The number of rotatable bonds is 8. The van der Waals surface area contributed by atoms with E-state index in [0.29, 0.717) is 11.5 Å². The van der Waals surface area contributed by atoms with Gasteiger partial charge in [0.25, 0.3) is 0 Å². The minimum Gasteiger partial charge on any atom is -0.491 e. The molecule has 1 aliphatic rings. The minimum absolute atomic E-state index is 0.0333. The molecule has 1 aliphatic heterocycles. The summed E-state index contributed by atoms with van der Waals surface area (Å²) in [5.74, 6) is 3.02. The van der Waals surface area contributed by atoms with E-state index in [1.54, 1.807) is 0 Å². The lowest BCUT2D eigenvalue weighted by atomic mass is 9.63. The van der Waals surface area contributed by atoms with E-state index >= 15 is 0 Å². The predicted octanol–water partition coefficient (Wildman–Crippen LogP) is 4.92. The summed E-state index contributed by atoms with van der Waals surface area (Å²) in [6.45, 7) is 0.432. The molecule has 0 amide bonds. The second-order valence-electron chi connectivity index (χ2n) is 8.04. The third-order valence-electron chi connectivity index (χ3n) is 6.10. The van der Waals surface area contributed by atoms with Gasteiger partial charge in [0.05, 0.1) is 18.6 Å². The van der Waals surface area contributed by atoms with E-state index in [0.717, 1.165) is 33.8 Å². The fourth-order valence-corrected chi connectivity index (χ4v) is 4.71. The zero-order valence-corrected chi connectivity index (χ0v) is 18.7. The van der Waals surface area contributed by atoms with Gasteiger partial charge in [0.2, 0.25) is 0 Å². The van der Waals surface area contributed by atoms with Crippen molar-refractivity contribution < 1.29 is 24.4 Å². The zero-order chi connectivity index (χ0) is 23.4. The van der Waals surface area contributed by atoms with Crippen molar-refractivity contribution in [1.82, 2.24) is 0 Å². The maximum absolute atomic E-state index is 9.11. The topological polar surface area (TPSA) is 68.2 Å². The average molecular weight is 455 g/mol. The summed E-state index contributed by atoms with van der Waals surface area (Å²) in [7, 11) is 0. The van der Waals surface area contributed by atoms with Crippen LogP contribution >= 0.6 is 0 Å². The van der Waals surface area contributed by atoms with Gasteiger partial charge in [0, 0.05) is 11.1 Å². The lowest BCUT2D eigenvalue weighted by Crippen LogP contribution is -2.34. The van der Waals surface area contributed by atoms with Crippen LogP contribution in [0.25, 0.3) is 0 Å². The molecule has 172 valence electrons. The lowest BCUT2D eigenvalue weighted by Gasteiger charge is -2.41. The van der Waals surface area contributed by atoms with Crippen molar-refractivity contribution in [2.75, 3.05) is 26.4 Å². The molecule has 0 unspecified atom stereocenters. The molecule has 2 N–H and O–H groups in total. The molecule has 34 heavy (non-hydrogen) atoms. The monoisotopic (exact) mass is 454 g/mol. The Hall–Kier alpha value is -3.80. The van der Waals surface area contributed by atoms with Gasteiger partial charge in [-0.1, -0.05) is 60.7 Å². The van der Waals surface area contributed by atoms with Crippen LogP contribution in [-0.2, 0) is 5.41 Å². The number of hydrogen-bond acceptors (Lipinski definition) is 5. The molecule has 4 aromatic rings. The summed E-state index contributed by atoms with van der Waals surface area (Å²) in [5, 5.41) is 18.2. The molecule has 0 bridgehead atoms. The summed E-state index contributed by atoms with van der Waals surface area (Å²) < 4.78 is 17.6. The van der Waals surface area contributed by atoms with E-state index in [4.69, 9.17) is 24.4 Å². The molecule has 4 aromatic carbocycles. The Bertz CT molecular complexity index is 1150. The van der Waals surface area contributed by atoms with E-state index in [9.17, 15) is 0 Å². The summed E-state index contributed by atoms with van der Waals surface area (Å²) >= 11 is 0. The molecule has 5 heteroatoms. The Labute approximate surface area is 198 Å². The van der Waals surface area contributed by atoms with Crippen LogP contribution in [0.1, 0.15) is 22.3 Å². The van der Waals surface area contributed by atoms with Gasteiger partial charge in [-0.25, -0.2) is 0 Å². The Morgan fingerprint density at radius 1 is 0.559 bits per heavy atom. The molecule has 0 aliphatic carbocycles. The largest absolute Gasteiger partial charge is 0.491 e. The van der Waals surface area contributed by atoms with Gasteiger partial charge in [0.1, 0.15) is 36.2 Å². The molecule has 0 saturated heterocycles. The average Bonchev–Trinajstić information content (AvgIpc) is 2.90. The second-order valence-corrected chi connectivity index (χ2v) is 8.04. The van der Waals surface area contributed by atoms with Gasteiger partial charge in [-0.2, -0.15) is 0 Å². The minimum atomic E-state index is -0.629. The van der Waals surface area contributed by atoms with Gasteiger partial charge in [-0.3, -0.25) is 0 Å². The van der Waals surface area contributed by atoms with Crippen molar-refractivity contribution in [1.29, 1.82) is 0 Å². The number of aliphatic hydroxyl groups is 2. The SMILES string of the molecule is OCCOc1ccc(C2(c3ccc(OCCO)cc3)c3ccccc3Oc3ccccc32)cc1. The van der Waals surface area contributed by atoms with Gasteiger partial charge >= 0.3 is 0 Å². The summed E-state index contributed by atoms with van der Waals surface area (Å²) in [5.41, 5.74) is 3.59. The molecular weight excluding hydrogens is 428 g/mol. The highest BCUT2D eigenvalue weighted by Gasteiger charge is 2.45. The molecule has 1 heterocycles. The summed E-state index contributed by atoms with van der Waals surface area (Å²) in [4.78, 5) is 0. The molecule has 0 radical (unpaired) electrons. The van der Waals surface area contributed by atoms with Crippen LogP contribution < -0.4 is 14.2 Å². The van der Waals surface area contributed by atoms with E-state index in [-0.39, 0.29) is 26.4 Å². The molecule has 5 nitrogen and oxygen atoms in total. The second kappa shape index (κ2) is 9.59. The number of hydrogen-bond donors (Lipinski definition) is 2. The molecular formula is C29H26O5. The van der Waals surface area contributed by atoms with Gasteiger partial charge < -0.3 is 24.4 Å². The van der Waals surface area contributed by atoms with Crippen molar-refractivity contribution in [2.24, 2.45) is 0 Å². The van der Waals surface area contributed by atoms with Crippen molar-refractivity contribution in [3.63, 3.8) is 0 Å². The Morgan fingerprint density at radius 3 is 1.38 bits per heavy atom. The standard InChI is InChI=1S/C29H26O5/c30-17-19-32-23-13-9-21(10-14-23)29(22-11-15-24(16-12-22)33-20-18-31)25-5-1-3-7-27(25)34-28-8-4-2-6-26(28)29/h1-16,30-31H,17-20H2.